The Hall–Kier alpha value is -2.05. The van der Waals surface area contributed by atoms with E-state index in [1.807, 2.05) is 5.32 Å². The Morgan fingerprint density at radius 1 is 1.26 bits per heavy atom. The van der Waals surface area contributed by atoms with Crippen LogP contribution >= 0.6 is 0 Å². The molecular formula is C12H12F3NO3. The molecule has 0 saturated heterocycles. The Morgan fingerprint density at radius 2 is 1.79 bits per heavy atom. The van der Waals surface area contributed by atoms with Crippen LogP contribution < -0.4 is 5.32 Å². The maximum Gasteiger partial charge on any atom is 0.471 e. The number of amides is 1. The molecule has 1 atom stereocenters. The van der Waals surface area contributed by atoms with Crippen molar-refractivity contribution in [2.24, 2.45) is 0 Å². The highest BCUT2D eigenvalue weighted by molar-refractivity contribution is 5.87. The van der Waals surface area contributed by atoms with Crippen LogP contribution in [0.2, 0.25) is 0 Å². The monoisotopic (exact) mass is 275 g/mol. The van der Waals surface area contributed by atoms with Gasteiger partial charge in [-0.3, -0.25) is 4.79 Å². The third-order valence-electron chi connectivity index (χ3n) is 2.38. The Labute approximate surface area is 107 Å². The number of carboxylic acids is 1. The minimum Gasteiger partial charge on any atom is -0.478 e. The van der Waals surface area contributed by atoms with E-state index in [0.717, 1.165) is 0 Å². The SMILES string of the molecule is CC(Cc1ccc(C(=O)O)cc1)NC(=O)C(F)(F)F. The van der Waals surface area contributed by atoms with Gasteiger partial charge in [0, 0.05) is 6.04 Å². The maximum absolute atomic E-state index is 12.0. The van der Waals surface area contributed by atoms with Crippen molar-refractivity contribution in [3.8, 4) is 0 Å². The van der Waals surface area contributed by atoms with E-state index in [0.29, 0.717) is 5.56 Å². The van der Waals surface area contributed by atoms with Crippen LogP contribution in [0.25, 0.3) is 0 Å². The highest BCUT2D eigenvalue weighted by atomic mass is 19.4. The molecule has 0 radical (unpaired) electrons. The van der Waals surface area contributed by atoms with E-state index in [-0.39, 0.29) is 12.0 Å². The van der Waals surface area contributed by atoms with E-state index >= 15 is 0 Å². The summed E-state index contributed by atoms with van der Waals surface area (Å²) in [6, 6.07) is 5.01. The summed E-state index contributed by atoms with van der Waals surface area (Å²) in [5.41, 5.74) is 0.732. The van der Waals surface area contributed by atoms with Crippen molar-refractivity contribution in [1.29, 1.82) is 0 Å². The number of nitrogens with one attached hydrogen (secondary N) is 1. The number of carbonyl (C=O) groups is 2. The molecule has 7 heteroatoms. The van der Waals surface area contributed by atoms with Gasteiger partial charge in [-0.05, 0) is 31.0 Å². The molecule has 2 N–H and O–H groups in total. The molecule has 0 saturated carbocycles. The topological polar surface area (TPSA) is 66.4 Å². The van der Waals surface area contributed by atoms with E-state index in [4.69, 9.17) is 5.11 Å². The first-order valence-corrected chi connectivity index (χ1v) is 5.40. The van der Waals surface area contributed by atoms with Gasteiger partial charge >= 0.3 is 18.1 Å². The zero-order valence-electron chi connectivity index (χ0n) is 9.99. The number of carboxylic acid groups (broad SMARTS) is 1. The van der Waals surface area contributed by atoms with E-state index < -0.39 is 24.1 Å². The molecular weight excluding hydrogens is 263 g/mol. The number of rotatable bonds is 4. The molecule has 1 aromatic rings. The lowest BCUT2D eigenvalue weighted by molar-refractivity contribution is -0.174. The fourth-order valence-corrected chi connectivity index (χ4v) is 1.49. The summed E-state index contributed by atoms with van der Waals surface area (Å²) in [7, 11) is 0. The van der Waals surface area contributed by atoms with Crippen molar-refractivity contribution in [3.05, 3.63) is 35.4 Å². The fraction of sp³-hybridized carbons (Fsp3) is 0.333. The van der Waals surface area contributed by atoms with Gasteiger partial charge in [0.1, 0.15) is 0 Å². The van der Waals surface area contributed by atoms with Crippen LogP contribution in [0.3, 0.4) is 0 Å². The zero-order chi connectivity index (χ0) is 14.6. The number of halogens is 3. The quantitative estimate of drug-likeness (QED) is 0.883. The van der Waals surface area contributed by atoms with Crippen LogP contribution in [-0.4, -0.2) is 29.2 Å². The molecule has 104 valence electrons. The number of carbonyl (C=O) groups excluding carboxylic acids is 1. The molecule has 0 spiro atoms. The number of hydrogen-bond acceptors (Lipinski definition) is 2. The lowest BCUT2D eigenvalue weighted by Gasteiger charge is -2.15. The predicted octanol–water partition coefficient (Wildman–Crippen LogP) is 1.99. The molecule has 19 heavy (non-hydrogen) atoms. The van der Waals surface area contributed by atoms with Gasteiger partial charge in [-0.25, -0.2) is 4.79 Å². The first-order valence-electron chi connectivity index (χ1n) is 5.40. The summed E-state index contributed by atoms with van der Waals surface area (Å²) in [6.07, 6.45) is -4.72. The predicted molar refractivity (Wildman–Crippen MR) is 60.8 cm³/mol. The third-order valence-corrected chi connectivity index (χ3v) is 2.38. The van der Waals surface area contributed by atoms with E-state index in [2.05, 4.69) is 0 Å². The van der Waals surface area contributed by atoms with Gasteiger partial charge in [0.15, 0.2) is 0 Å². The third kappa shape index (κ3) is 4.61. The molecule has 0 aliphatic carbocycles. The van der Waals surface area contributed by atoms with Crippen molar-refractivity contribution in [3.63, 3.8) is 0 Å². The van der Waals surface area contributed by atoms with Crippen LogP contribution in [0, 0.1) is 0 Å². The number of hydrogen-bond donors (Lipinski definition) is 2. The van der Waals surface area contributed by atoms with Crippen molar-refractivity contribution in [1.82, 2.24) is 5.32 Å². The minimum atomic E-state index is -4.90. The smallest absolute Gasteiger partial charge is 0.471 e. The molecule has 1 unspecified atom stereocenters. The van der Waals surface area contributed by atoms with Gasteiger partial charge in [-0.15, -0.1) is 0 Å². The van der Waals surface area contributed by atoms with E-state index in [1.165, 1.54) is 31.2 Å². The summed E-state index contributed by atoms with van der Waals surface area (Å²) in [5, 5.41) is 10.5. The van der Waals surface area contributed by atoms with Crippen molar-refractivity contribution in [2.75, 3.05) is 0 Å². The minimum absolute atomic E-state index is 0.0933. The highest BCUT2D eigenvalue weighted by Crippen LogP contribution is 2.15. The zero-order valence-corrected chi connectivity index (χ0v) is 9.99. The maximum atomic E-state index is 12.0. The van der Waals surface area contributed by atoms with Crippen LogP contribution in [0.4, 0.5) is 13.2 Å². The van der Waals surface area contributed by atoms with Gasteiger partial charge in [0.25, 0.3) is 0 Å². The van der Waals surface area contributed by atoms with Crippen LogP contribution in [0.1, 0.15) is 22.8 Å². The standard InChI is InChI=1S/C12H12F3NO3/c1-7(16-11(19)12(13,14)15)6-8-2-4-9(5-3-8)10(17)18/h2-5,7H,6H2,1H3,(H,16,19)(H,17,18). The van der Waals surface area contributed by atoms with Crippen molar-refractivity contribution in [2.45, 2.75) is 25.6 Å². The molecule has 1 amide bonds. The summed E-state index contributed by atoms with van der Waals surface area (Å²) in [4.78, 5) is 21.3. The molecule has 0 heterocycles. The Kier molecular flexibility index (Phi) is 4.52. The molecule has 4 nitrogen and oxygen atoms in total. The summed E-state index contributed by atoms with van der Waals surface area (Å²) < 4.78 is 36.0. The Morgan fingerprint density at radius 3 is 2.21 bits per heavy atom. The number of alkyl halides is 3. The first-order chi connectivity index (χ1) is 8.70. The van der Waals surface area contributed by atoms with Crippen LogP contribution in [0.15, 0.2) is 24.3 Å². The Balaban J connectivity index is 2.60. The second-order valence-corrected chi connectivity index (χ2v) is 4.08. The van der Waals surface area contributed by atoms with Gasteiger partial charge in [0.05, 0.1) is 5.56 Å². The van der Waals surface area contributed by atoms with Gasteiger partial charge < -0.3 is 10.4 Å². The van der Waals surface area contributed by atoms with Crippen LogP contribution in [0.5, 0.6) is 0 Å². The fourth-order valence-electron chi connectivity index (χ4n) is 1.49. The van der Waals surface area contributed by atoms with Gasteiger partial charge in [0.2, 0.25) is 0 Å². The Bertz CT molecular complexity index is 468. The molecule has 0 bridgehead atoms. The second kappa shape index (κ2) is 5.73. The second-order valence-electron chi connectivity index (χ2n) is 4.08. The molecule has 1 rings (SSSR count). The largest absolute Gasteiger partial charge is 0.478 e. The van der Waals surface area contributed by atoms with Gasteiger partial charge in [-0.1, -0.05) is 12.1 Å². The molecule has 0 aliphatic heterocycles. The summed E-state index contributed by atoms with van der Waals surface area (Å²) >= 11 is 0. The average molecular weight is 275 g/mol. The van der Waals surface area contributed by atoms with Gasteiger partial charge in [-0.2, -0.15) is 13.2 Å². The van der Waals surface area contributed by atoms with E-state index in [1.54, 1.807) is 0 Å². The number of aromatic carboxylic acids is 1. The average Bonchev–Trinajstić information content (AvgIpc) is 2.28. The lowest BCUT2D eigenvalue weighted by atomic mass is 10.1. The van der Waals surface area contributed by atoms with Crippen molar-refractivity contribution < 1.29 is 27.9 Å². The van der Waals surface area contributed by atoms with Crippen LogP contribution in [-0.2, 0) is 11.2 Å². The summed E-state index contributed by atoms with van der Waals surface area (Å²) in [5.74, 6) is -3.06. The molecule has 0 aliphatic rings. The van der Waals surface area contributed by atoms with E-state index in [9.17, 15) is 22.8 Å². The number of benzene rings is 1. The molecule has 1 aromatic carbocycles. The molecule has 0 fully saturated rings. The lowest BCUT2D eigenvalue weighted by Crippen LogP contribution is -2.42. The normalized spacial score (nSPS) is 12.8. The highest BCUT2D eigenvalue weighted by Gasteiger charge is 2.39. The molecule has 0 aromatic heterocycles. The summed E-state index contributed by atoms with van der Waals surface area (Å²) in [6.45, 7) is 1.44. The first kappa shape index (κ1) is 15.0. The van der Waals surface area contributed by atoms with Crippen molar-refractivity contribution >= 4 is 11.9 Å².